The minimum absolute atomic E-state index is 0.0348. The Bertz CT molecular complexity index is 774. The first kappa shape index (κ1) is 16.8. The molecule has 0 fully saturated rings. The van der Waals surface area contributed by atoms with E-state index in [9.17, 15) is 8.42 Å². The zero-order valence-corrected chi connectivity index (χ0v) is 15.3. The summed E-state index contributed by atoms with van der Waals surface area (Å²) in [6.45, 7) is 3.77. The third-order valence-electron chi connectivity index (χ3n) is 2.84. The van der Waals surface area contributed by atoms with Gasteiger partial charge in [0.05, 0.1) is 15.4 Å². The zero-order valence-electron chi connectivity index (χ0n) is 11.4. The Kier molecular flexibility index (Phi) is 4.99. The number of nitrogens with two attached hydrogens (primary N) is 1. The zero-order chi connectivity index (χ0) is 15.8. The van der Waals surface area contributed by atoms with Gasteiger partial charge >= 0.3 is 0 Å². The lowest BCUT2D eigenvalue weighted by Gasteiger charge is -2.15. The molecule has 0 aliphatic heterocycles. The number of benzene rings is 1. The summed E-state index contributed by atoms with van der Waals surface area (Å²) in [6, 6.07) is 6.40. The van der Waals surface area contributed by atoms with Crippen molar-refractivity contribution < 1.29 is 8.42 Å². The number of anilines is 1. The molecule has 1 aromatic carbocycles. The molecule has 0 radical (unpaired) electrons. The molecular weight excluding hydrogens is 396 g/mol. The second-order valence-corrected chi connectivity index (χ2v) is 8.83. The molecule has 1 unspecified atom stereocenters. The fourth-order valence-corrected chi connectivity index (χ4v) is 5.29. The molecular formula is C13H14BrClN2O2S2. The number of halogens is 2. The average Bonchev–Trinajstić information content (AvgIpc) is 2.80. The first-order chi connectivity index (χ1) is 9.70. The summed E-state index contributed by atoms with van der Waals surface area (Å²) in [7, 11) is -3.73. The lowest BCUT2D eigenvalue weighted by molar-refractivity contribution is 0.568. The molecule has 2 aromatic rings. The molecule has 0 amide bonds. The SMILES string of the molecule is Cc1ccc(C(C)NS(=O)(=O)c2cc(Cl)cc(N)c2Br)s1. The maximum absolute atomic E-state index is 12.5. The highest BCUT2D eigenvalue weighted by Gasteiger charge is 2.23. The number of rotatable bonds is 4. The second kappa shape index (κ2) is 6.26. The van der Waals surface area contributed by atoms with E-state index >= 15 is 0 Å². The molecule has 0 saturated heterocycles. The van der Waals surface area contributed by atoms with E-state index < -0.39 is 10.0 Å². The van der Waals surface area contributed by atoms with Crippen LogP contribution in [0.2, 0.25) is 5.02 Å². The van der Waals surface area contributed by atoms with Gasteiger partial charge in [0.25, 0.3) is 0 Å². The molecule has 21 heavy (non-hydrogen) atoms. The van der Waals surface area contributed by atoms with Crippen LogP contribution in [0.5, 0.6) is 0 Å². The Morgan fingerprint density at radius 1 is 1.38 bits per heavy atom. The Hall–Kier alpha value is -0.600. The minimum atomic E-state index is -3.73. The summed E-state index contributed by atoms with van der Waals surface area (Å²) < 4.78 is 27.9. The number of nitrogen functional groups attached to an aromatic ring is 1. The van der Waals surface area contributed by atoms with E-state index in [-0.39, 0.29) is 21.6 Å². The van der Waals surface area contributed by atoms with Gasteiger partial charge in [0, 0.05) is 20.5 Å². The molecule has 0 bridgehead atoms. The van der Waals surface area contributed by atoms with Gasteiger partial charge in [0.2, 0.25) is 10.0 Å². The summed E-state index contributed by atoms with van der Waals surface area (Å²) in [5.74, 6) is 0. The van der Waals surface area contributed by atoms with Crippen LogP contribution < -0.4 is 10.5 Å². The van der Waals surface area contributed by atoms with Gasteiger partial charge in [-0.05, 0) is 54.0 Å². The van der Waals surface area contributed by atoms with Crippen LogP contribution in [-0.4, -0.2) is 8.42 Å². The highest BCUT2D eigenvalue weighted by molar-refractivity contribution is 9.10. The summed E-state index contributed by atoms with van der Waals surface area (Å²) in [5.41, 5.74) is 6.02. The number of nitrogens with one attached hydrogen (secondary N) is 1. The summed E-state index contributed by atoms with van der Waals surface area (Å²) in [5, 5.41) is 0.274. The van der Waals surface area contributed by atoms with Crippen molar-refractivity contribution in [1.29, 1.82) is 0 Å². The largest absolute Gasteiger partial charge is 0.398 e. The van der Waals surface area contributed by atoms with Crippen molar-refractivity contribution in [3.63, 3.8) is 0 Å². The van der Waals surface area contributed by atoms with Crippen molar-refractivity contribution in [3.8, 4) is 0 Å². The van der Waals surface area contributed by atoms with Crippen LogP contribution >= 0.6 is 38.9 Å². The Morgan fingerprint density at radius 3 is 2.62 bits per heavy atom. The fraction of sp³-hybridized carbons (Fsp3) is 0.231. The molecule has 2 rings (SSSR count). The van der Waals surface area contributed by atoms with E-state index in [0.29, 0.717) is 4.47 Å². The van der Waals surface area contributed by atoms with Crippen molar-refractivity contribution in [2.24, 2.45) is 0 Å². The molecule has 1 aromatic heterocycles. The van der Waals surface area contributed by atoms with E-state index in [1.807, 2.05) is 19.1 Å². The van der Waals surface area contributed by atoms with Gasteiger partial charge in [0.1, 0.15) is 0 Å². The molecule has 0 aliphatic rings. The Balaban J connectivity index is 2.35. The molecule has 4 nitrogen and oxygen atoms in total. The Labute approximate surface area is 141 Å². The molecule has 0 saturated carbocycles. The van der Waals surface area contributed by atoms with Gasteiger partial charge in [-0.3, -0.25) is 0 Å². The van der Waals surface area contributed by atoms with Crippen molar-refractivity contribution in [2.45, 2.75) is 24.8 Å². The number of hydrogen-bond acceptors (Lipinski definition) is 4. The minimum Gasteiger partial charge on any atom is -0.398 e. The summed E-state index contributed by atoms with van der Waals surface area (Å²) in [6.07, 6.45) is 0. The van der Waals surface area contributed by atoms with Gasteiger partial charge in [-0.25, -0.2) is 13.1 Å². The first-order valence-electron chi connectivity index (χ1n) is 6.04. The molecule has 1 heterocycles. The van der Waals surface area contributed by atoms with E-state index in [1.54, 1.807) is 18.3 Å². The topological polar surface area (TPSA) is 72.2 Å². The standard InChI is InChI=1S/C13H14BrClN2O2S2/c1-7-3-4-11(20-7)8(2)17-21(18,19)12-6-9(15)5-10(16)13(12)14/h3-6,8,17H,16H2,1-2H3. The van der Waals surface area contributed by atoms with Crippen molar-refractivity contribution in [1.82, 2.24) is 4.72 Å². The lowest BCUT2D eigenvalue weighted by Crippen LogP contribution is -2.26. The highest BCUT2D eigenvalue weighted by atomic mass is 79.9. The summed E-state index contributed by atoms with van der Waals surface area (Å²) in [4.78, 5) is 2.11. The van der Waals surface area contributed by atoms with Crippen molar-refractivity contribution >= 4 is 54.6 Å². The van der Waals surface area contributed by atoms with Crippen LogP contribution in [-0.2, 0) is 10.0 Å². The van der Waals surface area contributed by atoms with Crippen LogP contribution in [0.4, 0.5) is 5.69 Å². The predicted octanol–water partition coefficient (Wildman–Crippen LogP) is 4.09. The summed E-state index contributed by atoms with van der Waals surface area (Å²) >= 11 is 10.6. The van der Waals surface area contributed by atoms with E-state index in [4.69, 9.17) is 17.3 Å². The van der Waals surface area contributed by atoms with E-state index in [0.717, 1.165) is 9.75 Å². The van der Waals surface area contributed by atoms with Gasteiger partial charge < -0.3 is 5.73 Å². The van der Waals surface area contributed by atoms with Crippen LogP contribution in [0.3, 0.4) is 0 Å². The van der Waals surface area contributed by atoms with Crippen LogP contribution in [0.1, 0.15) is 22.7 Å². The predicted molar refractivity (Wildman–Crippen MR) is 91.4 cm³/mol. The van der Waals surface area contributed by atoms with Crippen LogP contribution in [0, 0.1) is 6.92 Å². The molecule has 8 heteroatoms. The average molecular weight is 410 g/mol. The molecule has 114 valence electrons. The lowest BCUT2D eigenvalue weighted by atomic mass is 10.3. The quantitative estimate of drug-likeness (QED) is 0.747. The first-order valence-corrected chi connectivity index (χ1v) is 9.51. The monoisotopic (exact) mass is 408 g/mol. The third-order valence-corrected chi connectivity index (χ3v) is 6.96. The van der Waals surface area contributed by atoms with Gasteiger partial charge in [-0.2, -0.15) is 0 Å². The second-order valence-electron chi connectivity index (χ2n) is 4.60. The Morgan fingerprint density at radius 2 is 2.05 bits per heavy atom. The molecule has 0 spiro atoms. The van der Waals surface area contributed by atoms with Crippen LogP contribution in [0.15, 0.2) is 33.6 Å². The normalized spacial score (nSPS) is 13.3. The maximum atomic E-state index is 12.5. The van der Waals surface area contributed by atoms with Crippen molar-refractivity contribution in [3.05, 3.63) is 43.5 Å². The number of hydrogen-bond donors (Lipinski definition) is 2. The number of sulfonamides is 1. The van der Waals surface area contributed by atoms with Crippen LogP contribution in [0.25, 0.3) is 0 Å². The smallest absolute Gasteiger partial charge is 0.242 e. The van der Waals surface area contributed by atoms with Gasteiger partial charge in [-0.1, -0.05) is 11.6 Å². The van der Waals surface area contributed by atoms with Crippen molar-refractivity contribution in [2.75, 3.05) is 5.73 Å². The van der Waals surface area contributed by atoms with E-state index in [1.165, 1.54) is 12.1 Å². The van der Waals surface area contributed by atoms with Gasteiger partial charge in [-0.15, -0.1) is 11.3 Å². The fourth-order valence-electron chi connectivity index (χ4n) is 1.82. The molecule has 0 aliphatic carbocycles. The third kappa shape index (κ3) is 3.78. The number of aryl methyl sites for hydroxylation is 1. The highest BCUT2D eigenvalue weighted by Crippen LogP contribution is 2.32. The maximum Gasteiger partial charge on any atom is 0.242 e. The van der Waals surface area contributed by atoms with Gasteiger partial charge in [0.15, 0.2) is 0 Å². The number of thiophene rings is 1. The molecule has 3 N–H and O–H groups in total. The van der Waals surface area contributed by atoms with E-state index in [2.05, 4.69) is 20.7 Å². The molecule has 1 atom stereocenters.